The number of imide groups is 1. The second-order valence-electron chi connectivity index (χ2n) is 7.51. The van der Waals surface area contributed by atoms with Crippen molar-refractivity contribution < 1.29 is 14.4 Å². The molecule has 30 heavy (non-hydrogen) atoms. The first kappa shape index (κ1) is 20.6. The first-order valence-corrected chi connectivity index (χ1v) is 11.4. The van der Waals surface area contributed by atoms with Gasteiger partial charge >= 0.3 is 0 Å². The number of hydrogen-bond acceptors (Lipinski definition) is 5. The number of anilines is 1. The lowest BCUT2D eigenvalue weighted by molar-refractivity contribution is -0.116. The molecule has 2 aliphatic heterocycles. The van der Waals surface area contributed by atoms with Crippen LogP contribution >= 0.6 is 11.8 Å². The molecule has 0 radical (unpaired) electrons. The number of nitrogens with one attached hydrogen (secondary N) is 1. The number of thioether (sulfide) groups is 1. The zero-order valence-electron chi connectivity index (χ0n) is 16.8. The lowest BCUT2D eigenvalue weighted by Crippen LogP contribution is -2.34. The highest BCUT2D eigenvalue weighted by Crippen LogP contribution is 2.22. The SMILES string of the molecule is O=C(CCN1C(=O)c2ccccc2C1=O)Nc1ccc(CCN2CCSCC2)cc1. The van der Waals surface area contributed by atoms with Gasteiger partial charge < -0.3 is 10.2 Å². The van der Waals surface area contributed by atoms with Crippen LogP contribution < -0.4 is 5.32 Å². The van der Waals surface area contributed by atoms with Gasteiger partial charge in [-0.05, 0) is 36.2 Å². The molecular weight excluding hydrogens is 398 g/mol. The standard InChI is InChI=1S/C23H25N3O3S/c27-21(10-12-26-22(28)19-3-1-2-4-20(19)23(26)29)24-18-7-5-17(6-8-18)9-11-25-13-15-30-16-14-25/h1-8H,9-16H2,(H,24,27). The van der Waals surface area contributed by atoms with Crippen LogP contribution in [0.25, 0.3) is 0 Å². The fourth-order valence-electron chi connectivity index (χ4n) is 3.75. The maximum Gasteiger partial charge on any atom is 0.261 e. The van der Waals surface area contributed by atoms with E-state index in [4.69, 9.17) is 0 Å². The highest BCUT2D eigenvalue weighted by atomic mass is 32.2. The van der Waals surface area contributed by atoms with Crippen LogP contribution in [0, 0.1) is 0 Å². The van der Waals surface area contributed by atoms with Crippen LogP contribution in [0.2, 0.25) is 0 Å². The molecule has 6 nitrogen and oxygen atoms in total. The van der Waals surface area contributed by atoms with E-state index in [-0.39, 0.29) is 30.7 Å². The van der Waals surface area contributed by atoms with Gasteiger partial charge in [0.1, 0.15) is 0 Å². The van der Waals surface area contributed by atoms with E-state index in [0.717, 1.165) is 36.6 Å². The van der Waals surface area contributed by atoms with Crippen LogP contribution in [0.15, 0.2) is 48.5 Å². The lowest BCUT2D eigenvalue weighted by Gasteiger charge is -2.26. The summed E-state index contributed by atoms with van der Waals surface area (Å²) in [5.74, 6) is 1.54. The van der Waals surface area contributed by atoms with Gasteiger partial charge in [0.15, 0.2) is 0 Å². The summed E-state index contributed by atoms with van der Waals surface area (Å²) in [6, 6.07) is 14.6. The second kappa shape index (κ2) is 9.45. The molecule has 1 fully saturated rings. The molecule has 2 aliphatic rings. The predicted octanol–water partition coefficient (Wildman–Crippen LogP) is 2.90. The van der Waals surface area contributed by atoms with Crippen molar-refractivity contribution in [1.29, 1.82) is 0 Å². The Labute approximate surface area is 180 Å². The Morgan fingerprint density at radius 2 is 1.53 bits per heavy atom. The van der Waals surface area contributed by atoms with Crippen LogP contribution in [0.4, 0.5) is 5.69 Å². The summed E-state index contributed by atoms with van der Waals surface area (Å²) in [5.41, 5.74) is 2.78. The molecular formula is C23H25N3O3S. The smallest absolute Gasteiger partial charge is 0.261 e. The average Bonchev–Trinajstić information content (AvgIpc) is 3.02. The van der Waals surface area contributed by atoms with E-state index >= 15 is 0 Å². The quantitative estimate of drug-likeness (QED) is 0.694. The summed E-state index contributed by atoms with van der Waals surface area (Å²) in [4.78, 5) is 40.7. The Balaban J connectivity index is 1.24. The number of carbonyl (C=O) groups excluding carboxylic acids is 3. The van der Waals surface area contributed by atoms with E-state index in [2.05, 4.69) is 10.2 Å². The molecule has 1 N–H and O–H groups in total. The first-order chi connectivity index (χ1) is 14.6. The molecule has 0 unspecified atom stereocenters. The van der Waals surface area contributed by atoms with Crippen molar-refractivity contribution in [3.05, 3.63) is 65.2 Å². The van der Waals surface area contributed by atoms with E-state index in [9.17, 15) is 14.4 Å². The van der Waals surface area contributed by atoms with Crippen molar-refractivity contribution in [3.63, 3.8) is 0 Å². The summed E-state index contributed by atoms with van der Waals surface area (Å²) in [5, 5.41) is 2.85. The Hall–Kier alpha value is -2.64. The van der Waals surface area contributed by atoms with Crippen LogP contribution in [-0.2, 0) is 11.2 Å². The van der Waals surface area contributed by atoms with Gasteiger partial charge in [-0.15, -0.1) is 0 Å². The maximum absolute atomic E-state index is 12.4. The zero-order chi connectivity index (χ0) is 20.9. The highest BCUT2D eigenvalue weighted by Gasteiger charge is 2.34. The van der Waals surface area contributed by atoms with Gasteiger partial charge in [-0.25, -0.2) is 0 Å². The van der Waals surface area contributed by atoms with Gasteiger partial charge in [0.2, 0.25) is 5.91 Å². The largest absolute Gasteiger partial charge is 0.326 e. The van der Waals surface area contributed by atoms with Gasteiger partial charge in [-0.1, -0.05) is 24.3 Å². The van der Waals surface area contributed by atoms with E-state index in [1.807, 2.05) is 36.0 Å². The Morgan fingerprint density at radius 3 is 2.17 bits per heavy atom. The Kier molecular flexibility index (Phi) is 6.50. The predicted molar refractivity (Wildman–Crippen MR) is 119 cm³/mol. The molecule has 156 valence electrons. The fourth-order valence-corrected chi connectivity index (χ4v) is 4.72. The molecule has 2 aromatic carbocycles. The maximum atomic E-state index is 12.4. The highest BCUT2D eigenvalue weighted by molar-refractivity contribution is 7.99. The second-order valence-corrected chi connectivity index (χ2v) is 8.73. The molecule has 1 saturated heterocycles. The minimum atomic E-state index is -0.333. The van der Waals surface area contributed by atoms with Gasteiger partial charge in [-0.2, -0.15) is 11.8 Å². The molecule has 0 atom stereocenters. The Morgan fingerprint density at radius 1 is 0.900 bits per heavy atom. The minimum Gasteiger partial charge on any atom is -0.326 e. The normalized spacial score (nSPS) is 16.6. The van der Waals surface area contributed by atoms with E-state index < -0.39 is 0 Å². The minimum absolute atomic E-state index is 0.0696. The van der Waals surface area contributed by atoms with Crippen LogP contribution in [0.5, 0.6) is 0 Å². The molecule has 0 aliphatic carbocycles. The number of hydrogen-bond donors (Lipinski definition) is 1. The molecule has 7 heteroatoms. The van der Waals surface area contributed by atoms with E-state index in [1.165, 1.54) is 17.1 Å². The summed E-state index contributed by atoms with van der Waals surface area (Å²) in [6.07, 6.45) is 1.07. The van der Waals surface area contributed by atoms with Crippen molar-refractivity contribution in [3.8, 4) is 0 Å². The van der Waals surface area contributed by atoms with Gasteiger partial charge in [0.05, 0.1) is 11.1 Å². The third-order valence-electron chi connectivity index (χ3n) is 5.50. The molecule has 0 bridgehead atoms. The number of rotatable bonds is 7. The number of benzene rings is 2. The Bertz CT molecular complexity index is 904. The van der Waals surface area contributed by atoms with Crippen LogP contribution in [-0.4, -0.2) is 65.2 Å². The molecule has 0 spiro atoms. The monoisotopic (exact) mass is 423 g/mol. The molecule has 0 saturated carbocycles. The van der Waals surface area contributed by atoms with E-state index in [1.54, 1.807) is 24.3 Å². The first-order valence-electron chi connectivity index (χ1n) is 10.3. The average molecular weight is 424 g/mol. The van der Waals surface area contributed by atoms with Crippen molar-refractivity contribution >= 4 is 35.2 Å². The fraction of sp³-hybridized carbons (Fsp3) is 0.348. The van der Waals surface area contributed by atoms with E-state index in [0.29, 0.717) is 11.1 Å². The van der Waals surface area contributed by atoms with Crippen LogP contribution in [0.1, 0.15) is 32.7 Å². The summed E-state index contributed by atoms with van der Waals surface area (Å²) < 4.78 is 0. The van der Waals surface area contributed by atoms with Gasteiger partial charge in [0.25, 0.3) is 11.8 Å². The number of amides is 3. The molecule has 3 amide bonds. The van der Waals surface area contributed by atoms with Crippen LogP contribution in [0.3, 0.4) is 0 Å². The number of fused-ring (bicyclic) bond motifs is 1. The zero-order valence-corrected chi connectivity index (χ0v) is 17.6. The molecule has 2 aromatic rings. The van der Waals surface area contributed by atoms with Crippen molar-refractivity contribution in [2.24, 2.45) is 0 Å². The van der Waals surface area contributed by atoms with Gasteiger partial charge in [-0.3, -0.25) is 19.3 Å². The van der Waals surface area contributed by atoms with Crippen molar-refractivity contribution in [2.45, 2.75) is 12.8 Å². The summed E-state index contributed by atoms with van der Waals surface area (Å²) in [6.45, 7) is 3.45. The van der Waals surface area contributed by atoms with Crippen molar-refractivity contribution in [1.82, 2.24) is 9.80 Å². The topological polar surface area (TPSA) is 69.7 Å². The molecule has 0 aromatic heterocycles. The summed E-state index contributed by atoms with van der Waals surface area (Å²) >= 11 is 2.01. The van der Waals surface area contributed by atoms with Crippen molar-refractivity contribution in [2.75, 3.05) is 43.0 Å². The molecule has 2 heterocycles. The third-order valence-corrected chi connectivity index (χ3v) is 6.44. The number of carbonyl (C=O) groups is 3. The summed E-state index contributed by atoms with van der Waals surface area (Å²) in [7, 11) is 0. The van der Waals surface area contributed by atoms with Gasteiger partial charge in [0, 0.05) is 49.8 Å². The lowest BCUT2D eigenvalue weighted by atomic mass is 10.1. The third kappa shape index (κ3) is 4.74. The number of nitrogens with zero attached hydrogens (tertiary/aromatic N) is 2. The molecule has 4 rings (SSSR count).